The van der Waals surface area contributed by atoms with Gasteiger partial charge in [-0.2, -0.15) is 0 Å². The van der Waals surface area contributed by atoms with Gasteiger partial charge in [0, 0.05) is 30.2 Å². The largest absolute Gasteiger partial charge is 0.477 e. The van der Waals surface area contributed by atoms with E-state index in [4.69, 9.17) is 4.42 Å². The van der Waals surface area contributed by atoms with E-state index in [1.165, 1.54) is 30.7 Å². The number of anilines is 1. The molecule has 4 aromatic rings. The molecule has 0 fully saturated rings. The minimum Gasteiger partial charge on any atom is -0.477 e. The predicted molar refractivity (Wildman–Crippen MR) is 121 cm³/mol. The molecule has 164 valence electrons. The lowest BCUT2D eigenvalue weighted by atomic mass is 10.1. The average Bonchev–Trinajstić information content (AvgIpc) is 3.33. The number of non-ortho nitro benzene ring substituents is 1. The summed E-state index contributed by atoms with van der Waals surface area (Å²) in [5.41, 5.74) is 2.19. The zero-order chi connectivity index (χ0) is 23.2. The van der Waals surface area contributed by atoms with Gasteiger partial charge in [0.2, 0.25) is 0 Å². The van der Waals surface area contributed by atoms with E-state index in [-0.39, 0.29) is 17.2 Å². The third kappa shape index (κ3) is 5.28. The van der Waals surface area contributed by atoms with Gasteiger partial charge in [-0.1, -0.05) is 42.5 Å². The van der Waals surface area contributed by atoms with Crippen molar-refractivity contribution in [2.24, 2.45) is 0 Å². The topological polar surface area (TPSA) is 131 Å². The molecule has 0 aliphatic rings. The summed E-state index contributed by atoms with van der Waals surface area (Å²) in [4.78, 5) is 31.5. The molecule has 2 aromatic heterocycles. The Labute approximate surface area is 188 Å². The molecule has 2 N–H and O–H groups in total. The summed E-state index contributed by atoms with van der Waals surface area (Å²) in [5, 5.41) is 23.6. The van der Waals surface area contributed by atoms with Crippen molar-refractivity contribution in [3.8, 4) is 11.3 Å². The van der Waals surface area contributed by atoms with Crippen LogP contribution in [0.15, 0.2) is 89.3 Å². The molecule has 9 nitrogen and oxygen atoms in total. The van der Waals surface area contributed by atoms with Crippen LogP contribution in [0.3, 0.4) is 0 Å². The molecule has 2 aromatic carbocycles. The first-order valence-corrected chi connectivity index (χ1v) is 9.90. The van der Waals surface area contributed by atoms with Gasteiger partial charge in [0.15, 0.2) is 5.82 Å². The Bertz CT molecular complexity index is 1320. The highest BCUT2D eigenvalue weighted by atomic mass is 16.6. The lowest BCUT2D eigenvalue weighted by Gasteiger charge is -2.13. The molecule has 0 amide bonds. The van der Waals surface area contributed by atoms with E-state index in [1.54, 1.807) is 24.3 Å². The molecule has 33 heavy (non-hydrogen) atoms. The standard InChI is InChI=1S/C24H18N4O5/c29-24(30)21(14-19-10-5-11-33-19)27-23-20(12-16-6-2-1-3-7-16)26-22(15-25-23)17-8-4-9-18(13-17)28(31)32/h1-11,13-15H,12H2,(H,25,27)(H,29,30). The zero-order valence-electron chi connectivity index (χ0n) is 17.2. The number of rotatable bonds is 8. The van der Waals surface area contributed by atoms with Gasteiger partial charge in [0.1, 0.15) is 11.5 Å². The first kappa shape index (κ1) is 21.4. The molecule has 0 atom stereocenters. The monoisotopic (exact) mass is 442 g/mol. The molecule has 0 radical (unpaired) electrons. The van der Waals surface area contributed by atoms with Gasteiger partial charge in [-0.15, -0.1) is 0 Å². The number of carboxylic acids is 1. The van der Waals surface area contributed by atoms with Crippen LogP contribution >= 0.6 is 0 Å². The number of benzene rings is 2. The summed E-state index contributed by atoms with van der Waals surface area (Å²) < 4.78 is 5.21. The van der Waals surface area contributed by atoms with Crippen molar-refractivity contribution in [3.63, 3.8) is 0 Å². The SMILES string of the molecule is O=C(O)C(=Cc1ccco1)Nc1ncc(-c2cccc([N+](=O)[O-])c2)nc1Cc1ccccc1. The van der Waals surface area contributed by atoms with Crippen LogP contribution in [-0.2, 0) is 11.2 Å². The number of carbonyl (C=O) groups is 1. The quantitative estimate of drug-likeness (QED) is 0.227. The van der Waals surface area contributed by atoms with Crippen LogP contribution in [0.2, 0.25) is 0 Å². The summed E-state index contributed by atoms with van der Waals surface area (Å²) in [6.45, 7) is 0. The molecule has 0 aliphatic heterocycles. The Morgan fingerprint density at radius 2 is 1.94 bits per heavy atom. The molecule has 4 rings (SSSR count). The fourth-order valence-electron chi connectivity index (χ4n) is 3.16. The van der Waals surface area contributed by atoms with Crippen molar-refractivity contribution < 1.29 is 19.2 Å². The van der Waals surface area contributed by atoms with Gasteiger partial charge in [-0.25, -0.2) is 14.8 Å². The second-order valence-electron chi connectivity index (χ2n) is 7.02. The van der Waals surface area contributed by atoms with Gasteiger partial charge in [0.25, 0.3) is 5.69 Å². The molecular formula is C24H18N4O5. The molecular weight excluding hydrogens is 424 g/mol. The van der Waals surface area contributed by atoms with Gasteiger partial charge in [-0.05, 0) is 17.7 Å². The van der Waals surface area contributed by atoms with Gasteiger partial charge < -0.3 is 14.8 Å². The van der Waals surface area contributed by atoms with Crippen molar-refractivity contribution in [1.82, 2.24) is 9.97 Å². The van der Waals surface area contributed by atoms with Crippen LogP contribution in [0.4, 0.5) is 11.5 Å². The summed E-state index contributed by atoms with van der Waals surface area (Å²) in [6.07, 6.45) is 4.61. The van der Waals surface area contributed by atoms with Crippen molar-refractivity contribution in [1.29, 1.82) is 0 Å². The Hall–Kier alpha value is -4.79. The fraction of sp³-hybridized carbons (Fsp3) is 0.0417. The normalized spacial score (nSPS) is 11.2. The first-order valence-electron chi connectivity index (χ1n) is 9.90. The smallest absolute Gasteiger partial charge is 0.352 e. The lowest BCUT2D eigenvalue weighted by Crippen LogP contribution is -2.14. The summed E-state index contributed by atoms with van der Waals surface area (Å²) in [5.74, 6) is -0.569. The van der Waals surface area contributed by atoms with E-state index in [9.17, 15) is 20.0 Å². The van der Waals surface area contributed by atoms with E-state index in [0.717, 1.165) is 5.56 Å². The molecule has 9 heteroatoms. The van der Waals surface area contributed by atoms with Crippen LogP contribution in [-0.4, -0.2) is 26.0 Å². The minimum atomic E-state index is -1.19. The number of nitrogens with zero attached hydrogens (tertiary/aromatic N) is 3. The number of nitrogens with one attached hydrogen (secondary N) is 1. The van der Waals surface area contributed by atoms with E-state index >= 15 is 0 Å². The van der Waals surface area contributed by atoms with Crippen LogP contribution in [0.1, 0.15) is 17.0 Å². The van der Waals surface area contributed by atoms with E-state index in [0.29, 0.717) is 29.1 Å². The number of nitro groups is 1. The maximum Gasteiger partial charge on any atom is 0.352 e. The minimum absolute atomic E-state index is 0.0596. The number of hydrogen-bond acceptors (Lipinski definition) is 7. The van der Waals surface area contributed by atoms with Crippen LogP contribution in [0.25, 0.3) is 17.3 Å². The summed E-state index contributed by atoms with van der Waals surface area (Å²) in [6, 6.07) is 18.9. The van der Waals surface area contributed by atoms with Gasteiger partial charge >= 0.3 is 5.97 Å². The van der Waals surface area contributed by atoms with Gasteiger partial charge in [0.05, 0.1) is 28.8 Å². The number of hydrogen-bond donors (Lipinski definition) is 2. The third-order valence-electron chi connectivity index (χ3n) is 4.73. The van der Waals surface area contributed by atoms with Gasteiger partial charge in [-0.3, -0.25) is 10.1 Å². The molecule has 0 saturated carbocycles. The van der Waals surface area contributed by atoms with Crippen molar-refractivity contribution >= 4 is 23.6 Å². The van der Waals surface area contributed by atoms with E-state index in [1.807, 2.05) is 30.3 Å². The highest BCUT2D eigenvalue weighted by molar-refractivity contribution is 5.95. The molecule has 0 unspecified atom stereocenters. The fourth-order valence-corrected chi connectivity index (χ4v) is 3.16. The Morgan fingerprint density at radius 1 is 1.12 bits per heavy atom. The molecule has 0 spiro atoms. The number of aromatic nitrogens is 2. The van der Waals surface area contributed by atoms with Crippen molar-refractivity contribution in [2.75, 3.05) is 5.32 Å². The summed E-state index contributed by atoms with van der Waals surface area (Å²) >= 11 is 0. The van der Waals surface area contributed by atoms with Crippen LogP contribution in [0, 0.1) is 10.1 Å². The molecule has 0 bridgehead atoms. The maximum absolute atomic E-state index is 11.8. The maximum atomic E-state index is 11.8. The van der Waals surface area contributed by atoms with Crippen molar-refractivity contribution in [2.45, 2.75) is 6.42 Å². The lowest BCUT2D eigenvalue weighted by molar-refractivity contribution is -0.384. The van der Waals surface area contributed by atoms with E-state index in [2.05, 4.69) is 15.3 Å². The molecule has 2 heterocycles. The predicted octanol–water partition coefficient (Wildman–Crippen LogP) is 4.77. The highest BCUT2D eigenvalue weighted by Crippen LogP contribution is 2.25. The summed E-state index contributed by atoms with van der Waals surface area (Å²) in [7, 11) is 0. The third-order valence-corrected chi connectivity index (χ3v) is 4.73. The first-order chi connectivity index (χ1) is 16.0. The molecule has 0 aliphatic carbocycles. The molecule has 0 saturated heterocycles. The average molecular weight is 442 g/mol. The zero-order valence-corrected chi connectivity index (χ0v) is 17.2. The number of furan rings is 1. The van der Waals surface area contributed by atoms with Crippen LogP contribution < -0.4 is 5.32 Å². The van der Waals surface area contributed by atoms with E-state index < -0.39 is 10.9 Å². The van der Waals surface area contributed by atoms with Crippen LogP contribution in [0.5, 0.6) is 0 Å². The number of carboxylic acid groups (broad SMARTS) is 1. The second-order valence-corrected chi connectivity index (χ2v) is 7.02. The second kappa shape index (κ2) is 9.56. The Balaban J connectivity index is 1.75. The highest BCUT2D eigenvalue weighted by Gasteiger charge is 2.16. The Kier molecular flexibility index (Phi) is 6.21. The number of nitro benzene ring substituents is 1. The van der Waals surface area contributed by atoms with Crippen molar-refractivity contribution in [3.05, 3.63) is 112 Å². The Morgan fingerprint density at radius 3 is 2.64 bits per heavy atom. The number of aliphatic carboxylic acids is 1.